The fourth-order valence-electron chi connectivity index (χ4n) is 2.55. The van der Waals surface area contributed by atoms with Crippen LogP contribution in [0.3, 0.4) is 0 Å². The van der Waals surface area contributed by atoms with Gasteiger partial charge in [-0.05, 0) is 45.1 Å². The molecule has 0 aliphatic heterocycles. The maximum absolute atomic E-state index is 12.1. The number of alkyl halides is 3. The highest BCUT2D eigenvalue weighted by atomic mass is 19.4. The van der Waals surface area contributed by atoms with Gasteiger partial charge in [0.15, 0.2) is 0 Å². The third-order valence-electron chi connectivity index (χ3n) is 3.58. The van der Waals surface area contributed by atoms with Gasteiger partial charge >= 0.3 is 6.18 Å². The molecule has 0 heterocycles. The summed E-state index contributed by atoms with van der Waals surface area (Å²) in [5.74, 6) is -0.0338. The van der Waals surface area contributed by atoms with Crippen molar-refractivity contribution in [3.8, 4) is 0 Å². The zero-order valence-electron chi connectivity index (χ0n) is 12.3. The summed E-state index contributed by atoms with van der Waals surface area (Å²) >= 11 is 0. The molecule has 1 rings (SSSR count). The summed E-state index contributed by atoms with van der Waals surface area (Å²) < 4.78 is 41.2. The normalized spacial score (nSPS) is 23.0. The van der Waals surface area contributed by atoms with Gasteiger partial charge in [0.05, 0.1) is 6.10 Å². The van der Waals surface area contributed by atoms with Crippen LogP contribution in [0.1, 0.15) is 51.4 Å². The molecule has 1 amide bonds. The van der Waals surface area contributed by atoms with Gasteiger partial charge in [0, 0.05) is 12.5 Å². The number of nitrogens with one attached hydrogen (secondary N) is 1. The van der Waals surface area contributed by atoms with E-state index >= 15 is 0 Å². The minimum absolute atomic E-state index is 0.0338. The Kier molecular flexibility index (Phi) is 8.03. The quantitative estimate of drug-likeness (QED) is 0.677. The lowest BCUT2D eigenvalue weighted by Crippen LogP contribution is -2.41. The molecule has 3 N–H and O–H groups in total. The smallest absolute Gasteiger partial charge is 0.369 e. The van der Waals surface area contributed by atoms with Gasteiger partial charge in [0.2, 0.25) is 5.91 Å². The highest BCUT2D eigenvalue weighted by Gasteiger charge is 2.31. The van der Waals surface area contributed by atoms with Crippen LogP contribution in [0.4, 0.5) is 13.2 Å². The molecule has 0 aromatic carbocycles. The van der Waals surface area contributed by atoms with Crippen LogP contribution in [0, 0.1) is 0 Å². The van der Waals surface area contributed by atoms with Gasteiger partial charge in [0.25, 0.3) is 0 Å². The predicted octanol–water partition coefficient (Wildman–Crippen LogP) is 2.51. The lowest BCUT2D eigenvalue weighted by atomic mass is 9.92. The van der Waals surface area contributed by atoms with Crippen LogP contribution in [0.5, 0.6) is 0 Å². The molecule has 4 nitrogen and oxygen atoms in total. The number of unbranched alkanes of at least 4 members (excludes halogenated alkanes) is 2. The van der Waals surface area contributed by atoms with E-state index in [0.29, 0.717) is 25.8 Å². The van der Waals surface area contributed by atoms with Crippen molar-refractivity contribution in [3.63, 3.8) is 0 Å². The Bertz CT molecular complexity index is 311. The number of amides is 1. The van der Waals surface area contributed by atoms with E-state index in [2.05, 4.69) is 5.32 Å². The molecule has 1 saturated carbocycles. The van der Waals surface area contributed by atoms with Crippen molar-refractivity contribution < 1.29 is 22.7 Å². The summed E-state index contributed by atoms with van der Waals surface area (Å²) in [6.45, 7) is -0.583. The number of rotatable bonds is 8. The Labute approximate surface area is 123 Å². The minimum atomic E-state index is -4.29. The molecule has 2 unspecified atom stereocenters. The lowest BCUT2D eigenvalue weighted by Gasteiger charge is -2.30. The average molecular weight is 310 g/mol. The Morgan fingerprint density at radius 3 is 2.67 bits per heavy atom. The minimum Gasteiger partial charge on any atom is -0.369 e. The summed E-state index contributed by atoms with van der Waals surface area (Å²) in [7, 11) is 0. The Hall–Kier alpha value is -0.820. The number of hydrogen-bond donors (Lipinski definition) is 2. The van der Waals surface area contributed by atoms with E-state index in [4.69, 9.17) is 10.5 Å². The van der Waals surface area contributed by atoms with Crippen LogP contribution in [0.15, 0.2) is 0 Å². The zero-order chi connectivity index (χ0) is 15.7. The predicted molar refractivity (Wildman–Crippen MR) is 73.7 cm³/mol. The van der Waals surface area contributed by atoms with Crippen LogP contribution in [-0.4, -0.2) is 37.4 Å². The maximum atomic E-state index is 12.1. The second-order valence-electron chi connectivity index (χ2n) is 5.58. The molecule has 0 bridgehead atoms. The van der Waals surface area contributed by atoms with Gasteiger partial charge < -0.3 is 15.8 Å². The van der Waals surface area contributed by atoms with Crippen molar-refractivity contribution in [1.29, 1.82) is 0 Å². The second-order valence-corrected chi connectivity index (χ2v) is 5.58. The molecular weight excluding hydrogens is 285 g/mol. The molecule has 124 valence electrons. The first kappa shape index (κ1) is 18.2. The summed E-state index contributed by atoms with van der Waals surface area (Å²) in [5, 5.41) is 2.89. The van der Waals surface area contributed by atoms with Crippen LogP contribution >= 0.6 is 0 Å². The zero-order valence-corrected chi connectivity index (χ0v) is 12.3. The van der Waals surface area contributed by atoms with Crippen LogP contribution < -0.4 is 11.1 Å². The molecular formula is C14H25F3N2O2. The second kappa shape index (κ2) is 9.25. The van der Waals surface area contributed by atoms with E-state index in [9.17, 15) is 18.0 Å². The van der Waals surface area contributed by atoms with Crippen molar-refractivity contribution in [1.82, 2.24) is 5.32 Å². The van der Waals surface area contributed by atoms with Crippen LogP contribution in [-0.2, 0) is 9.53 Å². The van der Waals surface area contributed by atoms with E-state index in [0.717, 1.165) is 32.1 Å². The number of carbonyl (C=O) groups is 1. The van der Waals surface area contributed by atoms with Crippen LogP contribution in [0.2, 0.25) is 0 Å². The first-order valence-corrected chi connectivity index (χ1v) is 7.58. The molecule has 2 atom stereocenters. The monoisotopic (exact) mass is 310 g/mol. The number of carbonyl (C=O) groups excluding carboxylic acids is 1. The molecule has 1 aliphatic carbocycles. The van der Waals surface area contributed by atoms with Gasteiger partial charge in [-0.15, -0.1) is 0 Å². The van der Waals surface area contributed by atoms with Crippen molar-refractivity contribution in [2.75, 3.05) is 13.2 Å². The van der Waals surface area contributed by atoms with Crippen molar-refractivity contribution in [2.24, 2.45) is 5.73 Å². The highest BCUT2D eigenvalue weighted by Crippen LogP contribution is 2.24. The fourth-order valence-corrected chi connectivity index (χ4v) is 2.55. The standard InChI is InChI=1S/C14H25F3N2O2/c15-14(16,17)10-21-12-6-4-5-11(9-12)19-13(20)7-2-1-3-8-18/h11-12H,1-10,18H2,(H,19,20). The highest BCUT2D eigenvalue weighted by molar-refractivity contribution is 5.76. The number of nitrogens with two attached hydrogens (primary N) is 1. The first-order chi connectivity index (χ1) is 9.90. The Morgan fingerprint density at radius 2 is 2.00 bits per heavy atom. The lowest BCUT2D eigenvalue weighted by molar-refractivity contribution is -0.188. The van der Waals surface area contributed by atoms with E-state index < -0.39 is 18.9 Å². The van der Waals surface area contributed by atoms with E-state index in [1.165, 1.54) is 0 Å². The van der Waals surface area contributed by atoms with Gasteiger partial charge in [0.1, 0.15) is 6.61 Å². The van der Waals surface area contributed by atoms with Gasteiger partial charge in [-0.2, -0.15) is 13.2 Å². The fraction of sp³-hybridized carbons (Fsp3) is 0.929. The van der Waals surface area contributed by atoms with Crippen molar-refractivity contribution in [2.45, 2.75) is 69.7 Å². The molecule has 0 aromatic rings. The largest absolute Gasteiger partial charge is 0.411 e. The number of halogens is 3. The summed E-state index contributed by atoms with van der Waals surface area (Å²) in [6, 6.07) is -0.0704. The van der Waals surface area contributed by atoms with Crippen LogP contribution in [0.25, 0.3) is 0 Å². The number of hydrogen-bond acceptors (Lipinski definition) is 3. The topological polar surface area (TPSA) is 64.4 Å². The Balaban J connectivity index is 2.21. The molecule has 0 aromatic heterocycles. The van der Waals surface area contributed by atoms with Gasteiger partial charge in [-0.1, -0.05) is 6.42 Å². The third kappa shape index (κ3) is 8.93. The summed E-state index contributed by atoms with van der Waals surface area (Å²) in [5.41, 5.74) is 5.37. The molecule has 0 spiro atoms. The number of ether oxygens (including phenoxy) is 1. The first-order valence-electron chi connectivity index (χ1n) is 7.58. The third-order valence-corrected chi connectivity index (χ3v) is 3.58. The molecule has 21 heavy (non-hydrogen) atoms. The van der Waals surface area contributed by atoms with Gasteiger partial charge in [-0.3, -0.25) is 4.79 Å². The van der Waals surface area contributed by atoms with E-state index in [-0.39, 0.29) is 11.9 Å². The molecule has 0 saturated heterocycles. The molecule has 1 aliphatic rings. The molecule has 0 radical (unpaired) electrons. The SMILES string of the molecule is NCCCCCC(=O)NC1CCCC(OCC(F)(F)F)C1. The Morgan fingerprint density at radius 1 is 1.24 bits per heavy atom. The van der Waals surface area contributed by atoms with Crippen molar-refractivity contribution in [3.05, 3.63) is 0 Å². The van der Waals surface area contributed by atoms with Crippen molar-refractivity contribution >= 4 is 5.91 Å². The summed E-state index contributed by atoms with van der Waals surface area (Å²) in [6.07, 6.45) is 1.04. The molecule has 7 heteroatoms. The molecule has 1 fully saturated rings. The maximum Gasteiger partial charge on any atom is 0.411 e. The van der Waals surface area contributed by atoms with E-state index in [1.807, 2.05) is 0 Å². The van der Waals surface area contributed by atoms with Gasteiger partial charge in [-0.25, -0.2) is 0 Å². The summed E-state index contributed by atoms with van der Waals surface area (Å²) in [4.78, 5) is 11.7. The average Bonchev–Trinajstić information content (AvgIpc) is 2.41. The van der Waals surface area contributed by atoms with E-state index in [1.54, 1.807) is 0 Å².